The fourth-order valence-corrected chi connectivity index (χ4v) is 4.12. The van der Waals surface area contributed by atoms with Crippen molar-refractivity contribution in [3.8, 4) is 0 Å². The van der Waals surface area contributed by atoms with E-state index in [9.17, 15) is 13.2 Å². The minimum Gasteiger partial charge on any atom is -0.383 e. The van der Waals surface area contributed by atoms with Gasteiger partial charge in [0.05, 0.1) is 16.6 Å². The second-order valence-corrected chi connectivity index (χ2v) is 7.74. The van der Waals surface area contributed by atoms with Gasteiger partial charge in [-0.1, -0.05) is 0 Å². The van der Waals surface area contributed by atoms with E-state index in [-0.39, 0.29) is 23.7 Å². The van der Waals surface area contributed by atoms with E-state index in [2.05, 4.69) is 26.2 Å². The summed E-state index contributed by atoms with van der Waals surface area (Å²) in [5.74, 6) is -0.0860. The van der Waals surface area contributed by atoms with Crippen LogP contribution >= 0.6 is 15.9 Å². The average molecular weight is 348 g/mol. The van der Waals surface area contributed by atoms with Gasteiger partial charge in [-0.25, -0.2) is 13.4 Å². The van der Waals surface area contributed by atoms with Gasteiger partial charge < -0.3 is 11.1 Å². The van der Waals surface area contributed by atoms with E-state index in [0.717, 1.165) is 0 Å². The van der Waals surface area contributed by atoms with Crippen molar-refractivity contribution in [1.82, 2.24) is 10.3 Å². The highest BCUT2D eigenvalue weighted by molar-refractivity contribution is 9.10. The molecule has 0 saturated carbocycles. The first-order valence-electron chi connectivity index (χ1n) is 5.81. The third-order valence-electron chi connectivity index (χ3n) is 3.08. The number of carbonyl (C=O) groups is 1. The predicted octanol–water partition coefficient (Wildman–Crippen LogP) is 0.733. The zero-order valence-corrected chi connectivity index (χ0v) is 12.5. The van der Waals surface area contributed by atoms with Crippen LogP contribution < -0.4 is 11.1 Å². The van der Waals surface area contributed by atoms with Crippen LogP contribution in [0.4, 0.5) is 5.82 Å². The van der Waals surface area contributed by atoms with Crippen molar-refractivity contribution in [2.45, 2.75) is 18.1 Å². The molecule has 1 aromatic heterocycles. The quantitative estimate of drug-likeness (QED) is 0.839. The number of nitrogen functional groups attached to an aromatic ring is 1. The molecule has 8 heteroatoms. The summed E-state index contributed by atoms with van der Waals surface area (Å²) >= 11 is 3.21. The van der Waals surface area contributed by atoms with Crippen LogP contribution in [-0.2, 0) is 9.84 Å². The lowest BCUT2D eigenvalue weighted by molar-refractivity contribution is 0.0954. The normalized spacial score (nSPS) is 21.2. The van der Waals surface area contributed by atoms with Gasteiger partial charge in [0.2, 0.25) is 0 Å². The second kappa shape index (κ2) is 5.46. The number of rotatable bonds is 3. The van der Waals surface area contributed by atoms with Crippen molar-refractivity contribution in [3.63, 3.8) is 0 Å². The molecular formula is C11H14BrN3O3S. The van der Waals surface area contributed by atoms with E-state index >= 15 is 0 Å². The van der Waals surface area contributed by atoms with Crippen LogP contribution in [0.5, 0.6) is 0 Å². The summed E-state index contributed by atoms with van der Waals surface area (Å²) in [5, 5.41) is 2.12. The van der Waals surface area contributed by atoms with Crippen LogP contribution in [-0.4, -0.2) is 36.9 Å². The molecule has 2 rings (SSSR count). The van der Waals surface area contributed by atoms with Crippen LogP contribution in [0.1, 0.15) is 23.2 Å². The van der Waals surface area contributed by atoms with Crippen LogP contribution in [0, 0.1) is 0 Å². The number of halogens is 1. The highest BCUT2D eigenvalue weighted by Crippen LogP contribution is 2.20. The Balaban J connectivity index is 2.04. The molecular weight excluding hydrogens is 334 g/mol. The molecule has 1 aliphatic rings. The molecule has 0 radical (unpaired) electrons. The van der Waals surface area contributed by atoms with Crippen molar-refractivity contribution in [2.24, 2.45) is 0 Å². The molecule has 1 aliphatic heterocycles. The zero-order chi connectivity index (χ0) is 14.0. The number of nitrogens with two attached hydrogens (primary N) is 1. The van der Waals surface area contributed by atoms with E-state index in [4.69, 9.17) is 5.73 Å². The molecule has 3 N–H and O–H groups in total. The molecule has 1 unspecified atom stereocenters. The molecule has 0 aliphatic carbocycles. The molecule has 1 saturated heterocycles. The van der Waals surface area contributed by atoms with Crippen molar-refractivity contribution >= 4 is 37.5 Å². The Labute approximate surface area is 119 Å². The fraction of sp³-hybridized carbons (Fsp3) is 0.455. The topological polar surface area (TPSA) is 102 Å². The second-order valence-electron chi connectivity index (χ2n) is 4.43. The first-order chi connectivity index (χ1) is 8.90. The molecule has 2 heterocycles. The SMILES string of the molecule is Nc1ncc(Br)cc1C(=O)NCC1CCCS1(=O)=O. The molecule has 0 aromatic carbocycles. The predicted molar refractivity (Wildman–Crippen MR) is 75.5 cm³/mol. The lowest BCUT2D eigenvalue weighted by Crippen LogP contribution is -2.35. The highest BCUT2D eigenvalue weighted by Gasteiger charge is 2.31. The molecule has 1 fully saturated rings. The monoisotopic (exact) mass is 347 g/mol. The molecule has 6 nitrogen and oxygen atoms in total. The minimum absolute atomic E-state index is 0.118. The largest absolute Gasteiger partial charge is 0.383 e. The number of nitrogens with zero attached hydrogens (tertiary/aromatic N) is 1. The van der Waals surface area contributed by atoms with E-state index in [1.165, 1.54) is 6.20 Å². The van der Waals surface area contributed by atoms with Crippen LogP contribution in [0.15, 0.2) is 16.7 Å². The number of sulfone groups is 1. The Bertz CT molecular complexity index is 603. The average Bonchev–Trinajstić information content (AvgIpc) is 2.68. The number of pyridine rings is 1. The number of amides is 1. The fourth-order valence-electron chi connectivity index (χ4n) is 2.02. The lowest BCUT2D eigenvalue weighted by Gasteiger charge is -2.11. The van der Waals surface area contributed by atoms with Gasteiger partial charge in [0.25, 0.3) is 5.91 Å². The Morgan fingerprint density at radius 3 is 2.95 bits per heavy atom. The maximum Gasteiger partial charge on any atom is 0.255 e. The van der Waals surface area contributed by atoms with Gasteiger partial charge in [0.1, 0.15) is 5.82 Å². The molecule has 1 atom stereocenters. The van der Waals surface area contributed by atoms with Crippen molar-refractivity contribution in [3.05, 3.63) is 22.3 Å². The van der Waals surface area contributed by atoms with E-state index in [0.29, 0.717) is 17.3 Å². The number of nitrogens with one attached hydrogen (secondary N) is 1. The van der Waals surface area contributed by atoms with Crippen molar-refractivity contribution in [2.75, 3.05) is 18.0 Å². The van der Waals surface area contributed by atoms with Gasteiger partial charge >= 0.3 is 0 Å². The van der Waals surface area contributed by atoms with E-state index < -0.39 is 21.0 Å². The smallest absolute Gasteiger partial charge is 0.255 e. The highest BCUT2D eigenvalue weighted by atomic mass is 79.9. The Morgan fingerprint density at radius 1 is 1.58 bits per heavy atom. The van der Waals surface area contributed by atoms with Gasteiger partial charge in [-0.15, -0.1) is 0 Å². The van der Waals surface area contributed by atoms with Crippen molar-refractivity contribution < 1.29 is 13.2 Å². The summed E-state index contributed by atoms with van der Waals surface area (Å²) in [4.78, 5) is 15.8. The molecule has 1 amide bonds. The number of anilines is 1. The summed E-state index contributed by atoms with van der Waals surface area (Å²) < 4.78 is 23.9. The summed E-state index contributed by atoms with van der Waals surface area (Å²) in [6.45, 7) is 0.118. The summed E-state index contributed by atoms with van der Waals surface area (Å²) in [7, 11) is -3.05. The number of aromatic nitrogens is 1. The Morgan fingerprint density at radius 2 is 2.32 bits per heavy atom. The van der Waals surface area contributed by atoms with Gasteiger partial charge in [0.15, 0.2) is 9.84 Å². The van der Waals surface area contributed by atoms with Gasteiger partial charge in [-0.05, 0) is 34.8 Å². The molecule has 0 spiro atoms. The lowest BCUT2D eigenvalue weighted by atomic mass is 10.2. The van der Waals surface area contributed by atoms with Crippen LogP contribution in [0.3, 0.4) is 0 Å². The molecule has 104 valence electrons. The van der Waals surface area contributed by atoms with E-state index in [1.54, 1.807) is 6.07 Å². The summed E-state index contributed by atoms with van der Waals surface area (Å²) in [6, 6.07) is 1.56. The Hall–Kier alpha value is -1.15. The first-order valence-corrected chi connectivity index (χ1v) is 8.32. The molecule has 19 heavy (non-hydrogen) atoms. The van der Waals surface area contributed by atoms with Crippen LogP contribution in [0.2, 0.25) is 0 Å². The van der Waals surface area contributed by atoms with Gasteiger partial charge in [0, 0.05) is 17.2 Å². The summed E-state index contributed by atoms with van der Waals surface area (Å²) in [6.07, 6.45) is 2.74. The minimum atomic E-state index is -3.05. The molecule has 1 aromatic rings. The van der Waals surface area contributed by atoms with Gasteiger partial charge in [-0.3, -0.25) is 4.79 Å². The summed E-state index contributed by atoms with van der Waals surface area (Å²) in [5.41, 5.74) is 5.86. The standard InChI is InChI=1S/C11H14BrN3O3S/c12-7-4-9(10(13)14-5-7)11(16)15-6-8-2-1-3-19(8,17)18/h4-5,8H,1-3,6H2,(H2,13,14)(H,15,16). The first kappa shape index (κ1) is 14.3. The maximum absolute atomic E-state index is 11.9. The third kappa shape index (κ3) is 3.24. The zero-order valence-electron chi connectivity index (χ0n) is 10.1. The number of hydrogen-bond acceptors (Lipinski definition) is 5. The Kier molecular flexibility index (Phi) is 4.10. The van der Waals surface area contributed by atoms with Crippen LogP contribution in [0.25, 0.3) is 0 Å². The number of hydrogen-bond donors (Lipinski definition) is 2. The maximum atomic E-state index is 11.9. The van der Waals surface area contributed by atoms with Gasteiger partial charge in [-0.2, -0.15) is 0 Å². The van der Waals surface area contributed by atoms with E-state index in [1.807, 2.05) is 0 Å². The number of carbonyl (C=O) groups excluding carboxylic acids is 1. The molecule has 0 bridgehead atoms. The third-order valence-corrected chi connectivity index (χ3v) is 5.79. The van der Waals surface area contributed by atoms with Crippen molar-refractivity contribution in [1.29, 1.82) is 0 Å².